The lowest BCUT2D eigenvalue weighted by atomic mass is 9.91. The van der Waals surface area contributed by atoms with Gasteiger partial charge in [-0.2, -0.15) is 5.26 Å². The molecule has 0 fully saturated rings. The molecule has 0 unspecified atom stereocenters. The van der Waals surface area contributed by atoms with Crippen LogP contribution in [0.4, 0.5) is 5.13 Å². The maximum atomic E-state index is 11.2. The molecule has 1 rings (SSSR count). The Balaban J connectivity index is 3.05. The van der Waals surface area contributed by atoms with Gasteiger partial charge < -0.3 is 5.32 Å². The Hall–Kier alpha value is -1.41. The number of amides is 1. The average Bonchev–Trinajstić information content (AvgIpc) is 2.60. The summed E-state index contributed by atoms with van der Waals surface area (Å²) in [5.41, 5.74) is 0.558. The molecule has 0 aromatic carbocycles. The number of carbonyl (C=O) groups excluding carboxylic acids is 1. The summed E-state index contributed by atoms with van der Waals surface area (Å²) in [5, 5.41) is 12.2. The van der Waals surface area contributed by atoms with Crippen LogP contribution in [-0.2, 0) is 10.2 Å². The molecule has 0 bridgehead atoms. The van der Waals surface area contributed by atoms with Gasteiger partial charge in [0.15, 0.2) is 5.13 Å². The molecule has 0 aliphatic heterocycles. The molecule has 0 aliphatic carbocycles. The van der Waals surface area contributed by atoms with E-state index in [1.165, 1.54) is 11.3 Å². The molecular weight excluding hydrogens is 222 g/mol. The fourth-order valence-electron chi connectivity index (χ4n) is 1.17. The van der Waals surface area contributed by atoms with E-state index in [-0.39, 0.29) is 11.3 Å². The molecule has 1 amide bonds. The lowest BCUT2D eigenvalue weighted by Gasteiger charge is -2.15. The van der Waals surface area contributed by atoms with E-state index < -0.39 is 0 Å². The van der Waals surface area contributed by atoms with Gasteiger partial charge in [0.1, 0.15) is 10.9 Å². The Morgan fingerprint density at radius 1 is 1.56 bits per heavy atom. The largest absolute Gasteiger partial charge is 0.302 e. The van der Waals surface area contributed by atoms with E-state index in [0.29, 0.717) is 16.4 Å². The topological polar surface area (TPSA) is 65.8 Å². The fourth-order valence-corrected chi connectivity index (χ4v) is 2.15. The lowest BCUT2D eigenvalue weighted by molar-refractivity contribution is -0.115. The Kier molecular flexibility index (Phi) is 3.66. The highest BCUT2D eigenvalue weighted by molar-refractivity contribution is 7.16. The predicted octanol–water partition coefficient (Wildman–Crippen LogP) is 2.66. The van der Waals surface area contributed by atoms with Crippen LogP contribution in [0, 0.1) is 11.3 Å². The third kappa shape index (κ3) is 2.80. The predicted molar refractivity (Wildman–Crippen MR) is 64.4 cm³/mol. The van der Waals surface area contributed by atoms with Crippen LogP contribution in [0.5, 0.6) is 0 Å². The molecule has 1 aromatic rings. The Morgan fingerprint density at radius 3 is 2.56 bits per heavy atom. The summed E-state index contributed by atoms with van der Waals surface area (Å²) in [6, 6.07) is 2.12. The quantitative estimate of drug-likeness (QED) is 0.860. The molecule has 1 aromatic heterocycles. The second kappa shape index (κ2) is 4.62. The van der Waals surface area contributed by atoms with Crippen LogP contribution >= 0.6 is 11.3 Å². The molecule has 16 heavy (non-hydrogen) atoms. The number of nitrogens with zero attached hydrogens (tertiary/aromatic N) is 2. The molecule has 1 N–H and O–H groups in total. The number of thiazole rings is 1. The highest BCUT2D eigenvalue weighted by Crippen LogP contribution is 2.31. The third-order valence-corrected chi connectivity index (χ3v) is 2.88. The third-order valence-electron chi connectivity index (χ3n) is 2.01. The van der Waals surface area contributed by atoms with E-state index in [0.717, 1.165) is 5.69 Å². The summed E-state index contributed by atoms with van der Waals surface area (Å²) in [5.74, 6) is -0.0845. The first-order valence-electron chi connectivity index (χ1n) is 5.09. The molecule has 0 saturated carbocycles. The standard InChI is InChI=1S/C11H15N3OS/c1-5-8(15)13-10-14-9(11(2,3)4)7(6-12)16-10/h5H2,1-4H3,(H,13,14,15). The zero-order chi connectivity index (χ0) is 12.3. The molecule has 5 heteroatoms. The molecule has 1 heterocycles. The zero-order valence-electron chi connectivity index (χ0n) is 9.92. The van der Waals surface area contributed by atoms with Gasteiger partial charge in [-0.05, 0) is 0 Å². The van der Waals surface area contributed by atoms with Gasteiger partial charge in [0.2, 0.25) is 5.91 Å². The van der Waals surface area contributed by atoms with Crippen LogP contribution in [0.15, 0.2) is 0 Å². The highest BCUT2D eigenvalue weighted by atomic mass is 32.1. The van der Waals surface area contributed by atoms with Crippen molar-refractivity contribution in [3.8, 4) is 6.07 Å². The average molecular weight is 237 g/mol. The van der Waals surface area contributed by atoms with Crippen molar-refractivity contribution < 1.29 is 4.79 Å². The molecule has 0 saturated heterocycles. The molecule has 0 radical (unpaired) electrons. The number of rotatable bonds is 2. The van der Waals surface area contributed by atoms with Crippen LogP contribution < -0.4 is 5.32 Å². The number of nitrogens with one attached hydrogen (secondary N) is 1. The fraction of sp³-hybridized carbons (Fsp3) is 0.545. The lowest BCUT2D eigenvalue weighted by Crippen LogP contribution is -2.14. The van der Waals surface area contributed by atoms with E-state index in [1.807, 2.05) is 20.8 Å². The molecule has 0 atom stereocenters. The summed E-state index contributed by atoms with van der Waals surface area (Å²) >= 11 is 1.23. The number of carbonyl (C=O) groups is 1. The van der Waals surface area contributed by atoms with Gasteiger partial charge in [0, 0.05) is 11.8 Å². The van der Waals surface area contributed by atoms with E-state index in [2.05, 4.69) is 16.4 Å². The normalized spacial score (nSPS) is 10.9. The molecule has 86 valence electrons. The maximum Gasteiger partial charge on any atom is 0.225 e. The van der Waals surface area contributed by atoms with Crippen LogP contribution in [0.3, 0.4) is 0 Å². The van der Waals surface area contributed by atoms with Crippen LogP contribution in [0.1, 0.15) is 44.7 Å². The minimum Gasteiger partial charge on any atom is -0.302 e. The van der Waals surface area contributed by atoms with Gasteiger partial charge in [-0.15, -0.1) is 0 Å². The van der Waals surface area contributed by atoms with Gasteiger partial charge in [-0.1, -0.05) is 39.0 Å². The van der Waals surface area contributed by atoms with Gasteiger partial charge in [-0.25, -0.2) is 4.98 Å². The Morgan fingerprint density at radius 2 is 2.19 bits per heavy atom. The minimum atomic E-state index is -0.184. The summed E-state index contributed by atoms with van der Waals surface area (Å²) < 4.78 is 0. The summed E-state index contributed by atoms with van der Waals surface area (Å²) in [4.78, 5) is 16.1. The van der Waals surface area contributed by atoms with Gasteiger partial charge in [0.05, 0.1) is 5.69 Å². The molecular formula is C11H15N3OS. The minimum absolute atomic E-state index is 0.0845. The smallest absolute Gasteiger partial charge is 0.225 e. The monoisotopic (exact) mass is 237 g/mol. The van der Waals surface area contributed by atoms with E-state index in [4.69, 9.17) is 5.26 Å². The van der Waals surface area contributed by atoms with Crippen molar-refractivity contribution in [3.05, 3.63) is 10.6 Å². The second-order valence-electron chi connectivity index (χ2n) is 4.46. The number of nitriles is 1. The summed E-state index contributed by atoms with van der Waals surface area (Å²) in [6.07, 6.45) is 0.409. The van der Waals surface area contributed by atoms with Crippen molar-refractivity contribution in [2.75, 3.05) is 5.32 Å². The number of anilines is 1. The van der Waals surface area contributed by atoms with Crippen molar-refractivity contribution in [2.24, 2.45) is 0 Å². The van der Waals surface area contributed by atoms with Crippen molar-refractivity contribution in [3.63, 3.8) is 0 Å². The number of hydrogen-bond donors (Lipinski definition) is 1. The first-order valence-corrected chi connectivity index (χ1v) is 5.91. The van der Waals surface area contributed by atoms with Crippen molar-refractivity contribution in [1.82, 2.24) is 4.98 Å². The van der Waals surface area contributed by atoms with E-state index in [1.54, 1.807) is 6.92 Å². The van der Waals surface area contributed by atoms with E-state index >= 15 is 0 Å². The van der Waals surface area contributed by atoms with Crippen LogP contribution in [0.25, 0.3) is 0 Å². The van der Waals surface area contributed by atoms with E-state index in [9.17, 15) is 4.79 Å². The molecule has 0 aliphatic rings. The first-order chi connectivity index (χ1) is 7.38. The number of hydrogen-bond acceptors (Lipinski definition) is 4. The maximum absolute atomic E-state index is 11.2. The second-order valence-corrected chi connectivity index (χ2v) is 5.46. The molecule has 0 spiro atoms. The number of aromatic nitrogens is 1. The van der Waals surface area contributed by atoms with Crippen molar-refractivity contribution >= 4 is 22.4 Å². The highest BCUT2D eigenvalue weighted by Gasteiger charge is 2.23. The summed E-state index contributed by atoms with van der Waals surface area (Å²) in [6.45, 7) is 7.76. The first kappa shape index (κ1) is 12.7. The Bertz CT molecular complexity index is 437. The SMILES string of the molecule is CCC(=O)Nc1nc(C(C)(C)C)c(C#N)s1. The molecule has 4 nitrogen and oxygen atoms in total. The van der Waals surface area contributed by atoms with Gasteiger partial charge in [0.25, 0.3) is 0 Å². The summed E-state index contributed by atoms with van der Waals surface area (Å²) in [7, 11) is 0. The van der Waals surface area contributed by atoms with Crippen molar-refractivity contribution in [1.29, 1.82) is 5.26 Å². The van der Waals surface area contributed by atoms with Gasteiger partial charge >= 0.3 is 0 Å². The van der Waals surface area contributed by atoms with Crippen molar-refractivity contribution in [2.45, 2.75) is 39.5 Å². The van der Waals surface area contributed by atoms with Gasteiger partial charge in [-0.3, -0.25) is 4.79 Å². The Labute approximate surface area is 99.3 Å². The van der Waals surface area contributed by atoms with Crippen LogP contribution in [-0.4, -0.2) is 10.9 Å². The zero-order valence-corrected chi connectivity index (χ0v) is 10.7. The van der Waals surface area contributed by atoms with Crippen LogP contribution in [0.2, 0.25) is 0 Å².